The van der Waals surface area contributed by atoms with E-state index in [0.29, 0.717) is 25.1 Å². The molecule has 0 saturated carbocycles. The van der Waals surface area contributed by atoms with Crippen molar-refractivity contribution in [3.63, 3.8) is 0 Å². The van der Waals surface area contributed by atoms with Crippen LogP contribution in [0.25, 0.3) is 0 Å². The molecule has 154 valence electrons. The minimum absolute atomic E-state index is 0.0245. The Balaban J connectivity index is 1.72. The van der Waals surface area contributed by atoms with E-state index >= 15 is 0 Å². The Kier molecular flexibility index (Phi) is 6.80. The second-order valence-electron chi connectivity index (χ2n) is 6.97. The predicted octanol–water partition coefficient (Wildman–Crippen LogP) is 4.48. The smallest absolute Gasteiger partial charge is 0.387 e. The van der Waals surface area contributed by atoms with Crippen LogP contribution in [0, 0.1) is 0 Å². The molecule has 0 aromatic heterocycles. The standard InChI is InChI=1S/C22H24F2N2O3/c1-2-6-15-10-12-16(13-11-15)25-20(27)18-8-5-14-26(18)21(28)17-7-3-4-9-19(17)29-22(23)24/h3-4,7,9-13,18,22H,2,5-6,8,14H2,1H3,(H,25,27). The summed E-state index contributed by atoms with van der Waals surface area (Å²) in [5, 5.41) is 2.85. The van der Waals surface area contributed by atoms with Crippen molar-refractivity contribution in [3.8, 4) is 5.75 Å². The van der Waals surface area contributed by atoms with Gasteiger partial charge in [-0.3, -0.25) is 9.59 Å². The number of nitrogens with zero attached hydrogens (tertiary/aromatic N) is 1. The lowest BCUT2D eigenvalue weighted by Crippen LogP contribution is -2.43. The highest BCUT2D eigenvalue weighted by Crippen LogP contribution is 2.27. The first-order valence-corrected chi connectivity index (χ1v) is 9.74. The average Bonchev–Trinajstić information content (AvgIpc) is 3.19. The van der Waals surface area contributed by atoms with E-state index in [-0.39, 0.29) is 17.2 Å². The fraction of sp³-hybridized carbons (Fsp3) is 0.364. The zero-order valence-electron chi connectivity index (χ0n) is 16.2. The fourth-order valence-corrected chi connectivity index (χ4v) is 3.55. The summed E-state index contributed by atoms with van der Waals surface area (Å²) in [5.41, 5.74) is 1.88. The normalized spacial score (nSPS) is 16.1. The van der Waals surface area contributed by atoms with Crippen molar-refractivity contribution in [2.45, 2.75) is 45.3 Å². The molecule has 1 unspecified atom stereocenters. The van der Waals surface area contributed by atoms with Crippen molar-refractivity contribution >= 4 is 17.5 Å². The molecule has 2 aromatic carbocycles. The molecule has 2 aromatic rings. The van der Waals surface area contributed by atoms with Crippen molar-refractivity contribution in [2.24, 2.45) is 0 Å². The molecule has 2 amide bonds. The van der Waals surface area contributed by atoms with Gasteiger partial charge in [0.15, 0.2) is 0 Å². The van der Waals surface area contributed by atoms with Crippen molar-refractivity contribution in [2.75, 3.05) is 11.9 Å². The van der Waals surface area contributed by atoms with Gasteiger partial charge in [-0.15, -0.1) is 0 Å². The first-order chi connectivity index (χ1) is 14.0. The molecule has 1 atom stereocenters. The molecular formula is C22H24F2N2O3. The molecule has 0 radical (unpaired) electrons. The number of para-hydroxylation sites is 1. The van der Waals surface area contributed by atoms with Crippen LogP contribution in [0.1, 0.15) is 42.1 Å². The van der Waals surface area contributed by atoms with Crippen LogP contribution in [0.5, 0.6) is 5.75 Å². The van der Waals surface area contributed by atoms with Crippen LogP contribution in [0.3, 0.4) is 0 Å². The number of hydrogen-bond donors (Lipinski definition) is 1. The van der Waals surface area contributed by atoms with Gasteiger partial charge in [0, 0.05) is 12.2 Å². The first-order valence-electron chi connectivity index (χ1n) is 9.74. The maximum Gasteiger partial charge on any atom is 0.387 e. The van der Waals surface area contributed by atoms with Crippen LogP contribution in [-0.4, -0.2) is 35.9 Å². The Hall–Kier alpha value is -2.96. The third-order valence-corrected chi connectivity index (χ3v) is 4.91. The summed E-state index contributed by atoms with van der Waals surface area (Å²) in [4.78, 5) is 27.2. The molecule has 0 aliphatic carbocycles. The maximum atomic E-state index is 13.0. The Morgan fingerprint density at radius 1 is 1.17 bits per heavy atom. The van der Waals surface area contributed by atoms with Crippen LogP contribution in [0.2, 0.25) is 0 Å². The van der Waals surface area contributed by atoms with E-state index < -0.39 is 18.6 Å². The molecule has 29 heavy (non-hydrogen) atoms. The minimum atomic E-state index is -3.03. The fourth-order valence-electron chi connectivity index (χ4n) is 3.55. The number of likely N-dealkylation sites (tertiary alicyclic amines) is 1. The van der Waals surface area contributed by atoms with Crippen molar-refractivity contribution in [3.05, 3.63) is 59.7 Å². The molecule has 1 saturated heterocycles. The monoisotopic (exact) mass is 402 g/mol. The van der Waals surface area contributed by atoms with Gasteiger partial charge in [-0.25, -0.2) is 0 Å². The van der Waals surface area contributed by atoms with Crippen LogP contribution in [0.15, 0.2) is 48.5 Å². The molecule has 0 spiro atoms. The van der Waals surface area contributed by atoms with Crippen LogP contribution in [0.4, 0.5) is 14.5 Å². The Labute approximate surface area is 168 Å². The highest BCUT2D eigenvalue weighted by molar-refractivity contribution is 6.02. The number of carbonyl (C=O) groups excluding carboxylic acids is 2. The molecule has 7 heteroatoms. The molecule has 1 aliphatic rings. The highest BCUT2D eigenvalue weighted by atomic mass is 19.3. The van der Waals surface area contributed by atoms with Gasteiger partial charge >= 0.3 is 6.61 Å². The van der Waals surface area contributed by atoms with E-state index in [0.717, 1.165) is 12.8 Å². The number of hydrogen-bond acceptors (Lipinski definition) is 3. The average molecular weight is 402 g/mol. The number of carbonyl (C=O) groups is 2. The number of benzene rings is 2. The number of anilines is 1. The van der Waals surface area contributed by atoms with Gasteiger partial charge in [-0.2, -0.15) is 8.78 Å². The molecule has 1 N–H and O–H groups in total. The third kappa shape index (κ3) is 5.10. The number of ether oxygens (including phenoxy) is 1. The van der Waals surface area contributed by atoms with Crippen molar-refractivity contribution in [1.29, 1.82) is 0 Å². The molecule has 1 fully saturated rings. The van der Waals surface area contributed by atoms with E-state index in [1.165, 1.54) is 28.7 Å². The summed E-state index contributed by atoms with van der Waals surface area (Å²) in [6.07, 6.45) is 3.20. The van der Waals surface area contributed by atoms with Gasteiger partial charge in [0.2, 0.25) is 5.91 Å². The molecule has 0 bridgehead atoms. The molecule has 1 heterocycles. The predicted molar refractivity (Wildman–Crippen MR) is 106 cm³/mol. The van der Waals surface area contributed by atoms with Crippen LogP contribution in [-0.2, 0) is 11.2 Å². The topological polar surface area (TPSA) is 58.6 Å². The Morgan fingerprint density at radius 3 is 2.59 bits per heavy atom. The number of nitrogens with one attached hydrogen (secondary N) is 1. The van der Waals surface area contributed by atoms with E-state index in [9.17, 15) is 18.4 Å². The number of amides is 2. The summed E-state index contributed by atoms with van der Waals surface area (Å²) >= 11 is 0. The number of aryl methyl sites for hydroxylation is 1. The summed E-state index contributed by atoms with van der Waals surface area (Å²) in [5.74, 6) is -0.964. The number of alkyl halides is 2. The maximum absolute atomic E-state index is 13.0. The van der Waals surface area contributed by atoms with E-state index in [1.807, 2.05) is 24.3 Å². The zero-order valence-corrected chi connectivity index (χ0v) is 16.2. The van der Waals surface area contributed by atoms with Gasteiger partial charge in [0.1, 0.15) is 11.8 Å². The summed E-state index contributed by atoms with van der Waals surface area (Å²) in [6, 6.07) is 12.8. The van der Waals surface area contributed by atoms with Gasteiger partial charge in [-0.05, 0) is 49.1 Å². The van der Waals surface area contributed by atoms with E-state index in [2.05, 4.69) is 17.0 Å². The number of halogens is 2. The minimum Gasteiger partial charge on any atom is -0.434 e. The Morgan fingerprint density at radius 2 is 1.90 bits per heavy atom. The summed E-state index contributed by atoms with van der Waals surface area (Å²) in [6.45, 7) is -0.543. The summed E-state index contributed by atoms with van der Waals surface area (Å²) < 4.78 is 29.8. The number of rotatable bonds is 7. The second-order valence-corrected chi connectivity index (χ2v) is 6.97. The lowest BCUT2D eigenvalue weighted by Gasteiger charge is -2.25. The van der Waals surface area contributed by atoms with Gasteiger partial charge in [-0.1, -0.05) is 37.6 Å². The van der Waals surface area contributed by atoms with E-state index in [1.54, 1.807) is 6.07 Å². The SMILES string of the molecule is CCCc1ccc(NC(=O)C2CCCN2C(=O)c2ccccc2OC(F)F)cc1. The third-order valence-electron chi connectivity index (χ3n) is 4.91. The van der Waals surface area contributed by atoms with Crippen LogP contribution >= 0.6 is 0 Å². The Bertz CT molecular complexity index is 855. The molecule has 1 aliphatic heterocycles. The van der Waals surface area contributed by atoms with Crippen molar-refractivity contribution in [1.82, 2.24) is 4.90 Å². The molecular weight excluding hydrogens is 378 g/mol. The zero-order chi connectivity index (χ0) is 20.8. The van der Waals surface area contributed by atoms with Crippen LogP contribution < -0.4 is 10.1 Å². The highest BCUT2D eigenvalue weighted by Gasteiger charge is 2.35. The van der Waals surface area contributed by atoms with Crippen molar-refractivity contribution < 1.29 is 23.1 Å². The van der Waals surface area contributed by atoms with Gasteiger partial charge in [0.05, 0.1) is 5.56 Å². The van der Waals surface area contributed by atoms with E-state index in [4.69, 9.17) is 0 Å². The molecule has 5 nitrogen and oxygen atoms in total. The largest absolute Gasteiger partial charge is 0.434 e. The first kappa shape index (κ1) is 20.8. The second kappa shape index (κ2) is 9.49. The quantitative estimate of drug-likeness (QED) is 0.743. The van der Waals surface area contributed by atoms with Gasteiger partial charge in [0.25, 0.3) is 5.91 Å². The lowest BCUT2D eigenvalue weighted by atomic mass is 10.1. The van der Waals surface area contributed by atoms with Gasteiger partial charge < -0.3 is 15.0 Å². The summed E-state index contributed by atoms with van der Waals surface area (Å²) in [7, 11) is 0. The lowest BCUT2D eigenvalue weighted by molar-refractivity contribution is -0.119. The molecule has 3 rings (SSSR count).